The molecule has 2 aromatic carbocycles. The monoisotopic (exact) mass is 436 g/mol. The number of phenols is 1. The van der Waals surface area contributed by atoms with E-state index in [0.29, 0.717) is 21.6 Å². The van der Waals surface area contributed by atoms with Crippen molar-refractivity contribution in [3.05, 3.63) is 58.6 Å². The van der Waals surface area contributed by atoms with E-state index in [1.165, 1.54) is 31.8 Å². The van der Waals surface area contributed by atoms with E-state index in [1.807, 2.05) is 24.3 Å². The Bertz CT molecular complexity index is 1080. The highest BCUT2D eigenvalue weighted by Gasteiger charge is 2.61. The van der Waals surface area contributed by atoms with E-state index in [4.69, 9.17) is 16.7 Å². The molecule has 0 aliphatic heterocycles. The van der Waals surface area contributed by atoms with Gasteiger partial charge in [0.15, 0.2) is 0 Å². The summed E-state index contributed by atoms with van der Waals surface area (Å²) >= 11 is 6.59. The van der Waals surface area contributed by atoms with Gasteiger partial charge in [-0.1, -0.05) is 43.6 Å². The second kappa shape index (κ2) is 6.87. The Morgan fingerprint density at radius 1 is 1.03 bits per heavy atom. The van der Waals surface area contributed by atoms with Crippen molar-refractivity contribution >= 4 is 23.6 Å². The Morgan fingerprint density at radius 3 is 2.35 bits per heavy atom. The zero-order valence-electron chi connectivity index (χ0n) is 18.1. The Hall–Kier alpha value is -2.26. The Morgan fingerprint density at radius 2 is 1.74 bits per heavy atom. The quantitative estimate of drug-likeness (QED) is 0.504. The van der Waals surface area contributed by atoms with Crippen molar-refractivity contribution in [2.45, 2.75) is 57.8 Å². The maximum atomic E-state index is 10.9. The van der Waals surface area contributed by atoms with Gasteiger partial charge in [0, 0.05) is 27.6 Å². The molecular weight excluding hydrogens is 408 g/mol. The van der Waals surface area contributed by atoms with E-state index in [-0.39, 0.29) is 5.41 Å². The van der Waals surface area contributed by atoms with Gasteiger partial charge in [-0.25, -0.2) is 4.79 Å². The van der Waals surface area contributed by atoms with E-state index < -0.39 is 5.97 Å². The summed E-state index contributed by atoms with van der Waals surface area (Å²) in [7, 11) is 0. The van der Waals surface area contributed by atoms with Crippen LogP contribution in [0.15, 0.2) is 42.5 Å². The highest BCUT2D eigenvalue weighted by Crippen LogP contribution is 2.70. The minimum atomic E-state index is -0.985. The Kier molecular flexibility index (Phi) is 4.57. The lowest BCUT2D eigenvalue weighted by Crippen LogP contribution is -2.56. The molecule has 162 valence electrons. The lowest BCUT2D eigenvalue weighted by atomic mass is 9.39. The molecule has 2 unspecified atom stereocenters. The van der Waals surface area contributed by atoms with Crippen molar-refractivity contribution in [3.8, 4) is 16.9 Å². The Balaban J connectivity index is 1.55. The molecule has 6 rings (SSSR count). The van der Waals surface area contributed by atoms with Crippen molar-refractivity contribution in [1.29, 1.82) is 0 Å². The summed E-state index contributed by atoms with van der Waals surface area (Å²) in [4.78, 5) is 10.8. The summed E-state index contributed by atoms with van der Waals surface area (Å²) in [5.41, 5.74) is 4.50. The van der Waals surface area contributed by atoms with Crippen LogP contribution in [0.1, 0.15) is 63.5 Å². The third-order valence-corrected chi connectivity index (χ3v) is 8.23. The lowest BCUT2D eigenvalue weighted by Gasteiger charge is -2.65. The van der Waals surface area contributed by atoms with Crippen molar-refractivity contribution in [1.82, 2.24) is 0 Å². The first kappa shape index (κ1) is 20.6. The van der Waals surface area contributed by atoms with Crippen LogP contribution in [0.4, 0.5) is 0 Å². The van der Waals surface area contributed by atoms with Crippen molar-refractivity contribution in [2.24, 2.45) is 16.7 Å². The SMILES string of the molecule is C[C@]12CC3CC(c4cc(-c5ccc(/C=C/C(=O)O)cc5Cl)ccc4O)(C1)C[C@@](C)(C3)C2. The fourth-order valence-electron chi connectivity index (χ4n) is 7.91. The molecule has 4 atom stereocenters. The predicted octanol–water partition coefficient (Wildman–Crippen LogP) is 7.06. The van der Waals surface area contributed by atoms with Crippen LogP contribution in [-0.4, -0.2) is 16.2 Å². The third kappa shape index (κ3) is 3.57. The van der Waals surface area contributed by atoms with Crippen LogP contribution in [0.3, 0.4) is 0 Å². The minimum Gasteiger partial charge on any atom is -0.508 e. The summed E-state index contributed by atoms with van der Waals surface area (Å²) in [6.45, 7) is 4.90. The molecular formula is C27H29ClO3. The molecule has 0 heterocycles. The molecule has 4 aliphatic carbocycles. The standard InChI is InChI=1S/C27H29ClO3/c1-25-11-18-12-26(2,14-25)16-27(13-18,15-25)21-10-19(5-7-23(21)29)20-6-3-17(9-22(20)28)4-8-24(30)31/h3-10,18,29H,11-16H2,1-2H3,(H,30,31)/b8-4+/t18?,25-,26+,27?. The molecule has 2 aromatic rings. The molecule has 4 fully saturated rings. The average Bonchev–Trinajstić information content (AvgIpc) is 2.64. The van der Waals surface area contributed by atoms with Gasteiger partial charge < -0.3 is 10.2 Å². The largest absolute Gasteiger partial charge is 0.508 e. The van der Waals surface area contributed by atoms with Crippen LogP contribution in [-0.2, 0) is 10.2 Å². The van der Waals surface area contributed by atoms with Gasteiger partial charge in [-0.15, -0.1) is 0 Å². The average molecular weight is 437 g/mol. The van der Waals surface area contributed by atoms with E-state index >= 15 is 0 Å². The van der Waals surface area contributed by atoms with Crippen LogP contribution in [0.5, 0.6) is 5.75 Å². The number of carboxylic acid groups (broad SMARTS) is 1. The van der Waals surface area contributed by atoms with Crippen LogP contribution in [0.25, 0.3) is 17.2 Å². The van der Waals surface area contributed by atoms with E-state index in [0.717, 1.165) is 47.1 Å². The molecule has 0 saturated heterocycles. The third-order valence-electron chi connectivity index (χ3n) is 7.92. The second-order valence-electron chi connectivity index (χ2n) is 11.1. The van der Waals surface area contributed by atoms with Gasteiger partial charge in [-0.2, -0.15) is 0 Å². The van der Waals surface area contributed by atoms with E-state index in [1.54, 1.807) is 6.07 Å². The summed E-state index contributed by atoms with van der Waals surface area (Å²) in [6.07, 6.45) is 10.1. The summed E-state index contributed by atoms with van der Waals surface area (Å²) in [6, 6.07) is 11.5. The van der Waals surface area contributed by atoms with Crippen LogP contribution < -0.4 is 0 Å². The summed E-state index contributed by atoms with van der Waals surface area (Å²) in [5.74, 6) is 0.162. The maximum Gasteiger partial charge on any atom is 0.328 e. The lowest BCUT2D eigenvalue weighted by molar-refractivity contribution is -0.131. The predicted molar refractivity (Wildman–Crippen MR) is 124 cm³/mol. The molecule has 0 spiro atoms. The Labute approximate surface area is 188 Å². The van der Waals surface area contributed by atoms with Crippen LogP contribution in [0.2, 0.25) is 5.02 Å². The number of hydrogen-bond acceptors (Lipinski definition) is 2. The van der Waals surface area contributed by atoms with Crippen LogP contribution in [0, 0.1) is 16.7 Å². The number of benzene rings is 2. The van der Waals surface area contributed by atoms with Gasteiger partial charge in [-0.3, -0.25) is 0 Å². The zero-order valence-corrected chi connectivity index (χ0v) is 18.9. The van der Waals surface area contributed by atoms with Gasteiger partial charge in [0.1, 0.15) is 5.75 Å². The highest BCUT2D eigenvalue weighted by atomic mass is 35.5. The molecule has 2 N–H and O–H groups in total. The van der Waals surface area contributed by atoms with Crippen LogP contribution >= 0.6 is 11.6 Å². The number of hydrogen-bond donors (Lipinski definition) is 2. The zero-order chi connectivity index (χ0) is 22.0. The highest BCUT2D eigenvalue weighted by molar-refractivity contribution is 6.33. The minimum absolute atomic E-state index is 0.0413. The first-order chi connectivity index (χ1) is 14.6. The van der Waals surface area contributed by atoms with Gasteiger partial charge in [0.05, 0.1) is 0 Å². The molecule has 0 aromatic heterocycles. The number of carboxylic acids is 1. The second-order valence-corrected chi connectivity index (χ2v) is 11.5. The van der Waals surface area contributed by atoms with Gasteiger partial charge >= 0.3 is 5.97 Å². The number of aromatic hydroxyl groups is 1. The van der Waals surface area contributed by atoms with Crippen molar-refractivity contribution < 1.29 is 15.0 Å². The number of aliphatic carboxylic acids is 1. The normalized spacial score (nSPS) is 33.8. The summed E-state index contributed by atoms with van der Waals surface area (Å²) < 4.78 is 0. The molecule has 4 saturated carbocycles. The molecule has 4 bridgehead atoms. The number of phenolic OH excluding ortho intramolecular Hbond substituents is 1. The molecule has 4 aliphatic rings. The number of rotatable bonds is 4. The first-order valence-electron chi connectivity index (χ1n) is 11.1. The van der Waals surface area contributed by atoms with Gasteiger partial charge in [0.25, 0.3) is 0 Å². The van der Waals surface area contributed by atoms with Gasteiger partial charge in [-0.05, 0) is 90.7 Å². The number of carbonyl (C=O) groups is 1. The molecule has 31 heavy (non-hydrogen) atoms. The number of halogens is 1. The first-order valence-corrected chi connectivity index (χ1v) is 11.5. The molecule has 0 amide bonds. The fraction of sp³-hybridized carbons (Fsp3) is 0.444. The smallest absolute Gasteiger partial charge is 0.328 e. The molecule has 0 radical (unpaired) electrons. The topological polar surface area (TPSA) is 57.5 Å². The van der Waals surface area contributed by atoms with E-state index in [2.05, 4.69) is 19.9 Å². The van der Waals surface area contributed by atoms with Crippen molar-refractivity contribution in [2.75, 3.05) is 0 Å². The molecule has 3 nitrogen and oxygen atoms in total. The maximum absolute atomic E-state index is 10.9. The van der Waals surface area contributed by atoms with Gasteiger partial charge in [0.2, 0.25) is 0 Å². The summed E-state index contributed by atoms with van der Waals surface area (Å²) in [5, 5.41) is 20.4. The van der Waals surface area contributed by atoms with Crippen molar-refractivity contribution in [3.63, 3.8) is 0 Å². The van der Waals surface area contributed by atoms with E-state index in [9.17, 15) is 9.90 Å². The fourth-order valence-corrected chi connectivity index (χ4v) is 8.21. The molecule has 4 heteroatoms.